The molecule has 1 nitrogen and oxygen atoms in total. The van der Waals surface area contributed by atoms with E-state index < -0.39 is 0 Å². The predicted octanol–water partition coefficient (Wildman–Crippen LogP) is -0.435. The lowest BCUT2D eigenvalue weighted by Gasteiger charge is -2.40. The quantitative estimate of drug-likeness (QED) is 0.510. The Morgan fingerprint density at radius 3 is 1.15 bits per heavy atom. The van der Waals surface area contributed by atoms with Gasteiger partial charge in [0.05, 0.1) is 26.2 Å². The van der Waals surface area contributed by atoms with Crippen molar-refractivity contribution in [2.24, 2.45) is 0 Å². The van der Waals surface area contributed by atoms with Crippen LogP contribution >= 0.6 is 0 Å². The monoisotopic (exact) mass is 247 g/mol. The highest BCUT2D eigenvalue weighted by Crippen LogP contribution is 2.24. The first kappa shape index (κ1) is 11.5. The third-order valence-electron chi connectivity index (χ3n) is 3.78. The third kappa shape index (κ3) is 2.95. The molecule has 0 N–H and O–H groups in total. The van der Waals surface area contributed by atoms with Crippen LogP contribution in [0.1, 0.15) is 44.9 Å². The van der Waals surface area contributed by atoms with Gasteiger partial charge in [-0.3, -0.25) is 0 Å². The van der Waals surface area contributed by atoms with Crippen molar-refractivity contribution in [2.45, 2.75) is 44.9 Å². The Labute approximate surface area is 92.9 Å². The number of quaternary nitrogens is 1. The summed E-state index contributed by atoms with van der Waals surface area (Å²) < 4.78 is 1.50. The molecule has 0 bridgehead atoms. The Bertz CT molecular complexity index is 131. The average molecular weight is 248 g/mol. The summed E-state index contributed by atoms with van der Waals surface area (Å²) >= 11 is 0. The van der Waals surface area contributed by atoms with Gasteiger partial charge in [-0.25, -0.2) is 0 Å². The molecule has 0 radical (unpaired) electrons. The van der Waals surface area contributed by atoms with Crippen molar-refractivity contribution in [2.75, 3.05) is 26.2 Å². The van der Waals surface area contributed by atoms with E-state index in [9.17, 15) is 0 Å². The van der Waals surface area contributed by atoms with Crippen LogP contribution in [-0.2, 0) is 0 Å². The standard InChI is InChI=1S/C11H22N.BrH/c1-2-5-9-12(8-4-1)10-6-3-7-11-12;/h1-11H2;1H/q+1;/p-1. The van der Waals surface area contributed by atoms with E-state index in [-0.39, 0.29) is 17.0 Å². The lowest BCUT2D eigenvalue weighted by Crippen LogP contribution is -3.00. The van der Waals surface area contributed by atoms with E-state index in [0.717, 1.165) is 0 Å². The first-order valence-corrected chi connectivity index (χ1v) is 5.76. The molecule has 0 amide bonds. The van der Waals surface area contributed by atoms with Crippen molar-refractivity contribution in [1.29, 1.82) is 0 Å². The van der Waals surface area contributed by atoms with Crippen LogP contribution < -0.4 is 17.0 Å². The molecular formula is C11H22BrN. The molecule has 0 aliphatic carbocycles. The van der Waals surface area contributed by atoms with Crippen LogP contribution in [0.4, 0.5) is 0 Å². The fourth-order valence-electron chi connectivity index (χ4n) is 2.99. The number of nitrogens with zero attached hydrogens (tertiary/aromatic N) is 1. The van der Waals surface area contributed by atoms with Crippen LogP contribution in [0.15, 0.2) is 0 Å². The molecule has 2 heteroatoms. The van der Waals surface area contributed by atoms with Crippen LogP contribution in [0.5, 0.6) is 0 Å². The summed E-state index contributed by atoms with van der Waals surface area (Å²) in [6.45, 7) is 6.00. The Kier molecular flexibility index (Phi) is 4.74. The van der Waals surface area contributed by atoms with E-state index in [1.807, 2.05) is 0 Å². The molecule has 0 aromatic heterocycles. The molecule has 13 heavy (non-hydrogen) atoms. The first-order valence-electron chi connectivity index (χ1n) is 5.76. The number of rotatable bonds is 0. The Balaban J connectivity index is 0.000000845. The molecule has 2 fully saturated rings. The molecule has 1 spiro atoms. The van der Waals surface area contributed by atoms with Crippen molar-refractivity contribution in [1.82, 2.24) is 0 Å². The van der Waals surface area contributed by atoms with Crippen molar-refractivity contribution >= 4 is 0 Å². The maximum Gasteiger partial charge on any atom is 0.0786 e. The van der Waals surface area contributed by atoms with Crippen molar-refractivity contribution in [3.8, 4) is 0 Å². The zero-order chi connectivity index (χ0) is 8.28. The van der Waals surface area contributed by atoms with Gasteiger partial charge >= 0.3 is 0 Å². The van der Waals surface area contributed by atoms with E-state index in [1.54, 1.807) is 0 Å². The van der Waals surface area contributed by atoms with Crippen molar-refractivity contribution in [3.05, 3.63) is 0 Å². The molecule has 0 unspecified atom stereocenters. The second-order valence-electron chi connectivity index (χ2n) is 4.71. The van der Waals surface area contributed by atoms with Gasteiger partial charge in [-0.05, 0) is 44.9 Å². The van der Waals surface area contributed by atoms with Crippen LogP contribution in [-0.4, -0.2) is 30.7 Å². The number of hydrogen-bond donors (Lipinski definition) is 0. The minimum atomic E-state index is 0. The maximum absolute atomic E-state index is 1.50. The Hall–Kier alpha value is 0.440. The van der Waals surface area contributed by atoms with Crippen molar-refractivity contribution in [3.63, 3.8) is 0 Å². The molecule has 0 saturated carbocycles. The van der Waals surface area contributed by atoms with Gasteiger partial charge in [-0.1, -0.05) is 0 Å². The molecule has 78 valence electrons. The minimum absolute atomic E-state index is 0. The highest BCUT2D eigenvalue weighted by Gasteiger charge is 2.29. The second kappa shape index (κ2) is 5.35. The van der Waals surface area contributed by atoms with E-state index in [0.29, 0.717) is 0 Å². The van der Waals surface area contributed by atoms with Crippen LogP contribution in [0.3, 0.4) is 0 Å². The van der Waals surface area contributed by atoms with E-state index in [1.165, 1.54) is 75.6 Å². The van der Waals surface area contributed by atoms with Gasteiger partial charge in [0.2, 0.25) is 0 Å². The van der Waals surface area contributed by atoms with Crippen LogP contribution in [0.2, 0.25) is 0 Å². The second-order valence-corrected chi connectivity index (χ2v) is 4.71. The summed E-state index contributed by atoms with van der Waals surface area (Å²) in [5.74, 6) is 0. The highest BCUT2D eigenvalue weighted by molar-refractivity contribution is 4.58. The fourth-order valence-corrected chi connectivity index (χ4v) is 2.99. The van der Waals surface area contributed by atoms with E-state index in [2.05, 4.69) is 0 Å². The van der Waals surface area contributed by atoms with E-state index in [4.69, 9.17) is 0 Å². The Morgan fingerprint density at radius 1 is 0.462 bits per heavy atom. The summed E-state index contributed by atoms with van der Waals surface area (Å²) in [4.78, 5) is 0. The zero-order valence-electron chi connectivity index (χ0n) is 8.60. The number of hydrogen-bond acceptors (Lipinski definition) is 0. The zero-order valence-corrected chi connectivity index (χ0v) is 10.2. The normalized spacial score (nSPS) is 27.7. The van der Waals surface area contributed by atoms with Gasteiger partial charge in [0.25, 0.3) is 0 Å². The summed E-state index contributed by atoms with van der Waals surface area (Å²) in [7, 11) is 0. The van der Waals surface area contributed by atoms with Crippen molar-refractivity contribution < 1.29 is 21.5 Å². The highest BCUT2D eigenvalue weighted by atomic mass is 79.9. The predicted molar refractivity (Wildman–Crippen MR) is 52.0 cm³/mol. The van der Waals surface area contributed by atoms with Gasteiger partial charge in [-0.15, -0.1) is 0 Å². The summed E-state index contributed by atoms with van der Waals surface area (Å²) in [5.41, 5.74) is 0. The molecular weight excluding hydrogens is 226 g/mol. The lowest BCUT2D eigenvalue weighted by molar-refractivity contribution is -0.931. The molecule has 2 rings (SSSR count). The van der Waals surface area contributed by atoms with Gasteiger partial charge in [0.1, 0.15) is 0 Å². The topological polar surface area (TPSA) is 0 Å². The maximum atomic E-state index is 1.50. The largest absolute Gasteiger partial charge is 1.00 e. The molecule has 2 aliphatic rings. The number of halogens is 1. The molecule has 0 aromatic carbocycles. The molecule has 2 heterocycles. The molecule has 0 aromatic rings. The summed E-state index contributed by atoms with van der Waals surface area (Å²) in [6, 6.07) is 0. The average Bonchev–Trinajstić information content (AvgIpc) is 2.33. The van der Waals surface area contributed by atoms with Crippen LogP contribution in [0.25, 0.3) is 0 Å². The summed E-state index contributed by atoms with van der Waals surface area (Å²) in [6.07, 6.45) is 10.5. The van der Waals surface area contributed by atoms with Gasteiger partial charge < -0.3 is 21.5 Å². The van der Waals surface area contributed by atoms with E-state index >= 15 is 0 Å². The summed E-state index contributed by atoms with van der Waals surface area (Å²) in [5, 5.41) is 0. The molecule has 2 aliphatic heterocycles. The Morgan fingerprint density at radius 2 is 0.769 bits per heavy atom. The van der Waals surface area contributed by atoms with Crippen LogP contribution in [0, 0.1) is 0 Å². The molecule has 0 atom stereocenters. The number of piperidine rings is 1. The first-order chi connectivity index (χ1) is 5.91. The third-order valence-corrected chi connectivity index (χ3v) is 3.78. The molecule has 2 saturated heterocycles. The van der Waals surface area contributed by atoms with Gasteiger partial charge in [0.15, 0.2) is 0 Å². The van der Waals surface area contributed by atoms with Gasteiger partial charge in [-0.2, -0.15) is 0 Å². The van der Waals surface area contributed by atoms with Gasteiger partial charge in [0, 0.05) is 0 Å². The lowest BCUT2D eigenvalue weighted by atomic mass is 10.1. The fraction of sp³-hybridized carbons (Fsp3) is 1.00. The minimum Gasteiger partial charge on any atom is -1.00 e. The smallest absolute Gasteiger partial charge is 0.0786 e. The SMILES string of the molecule is C1CCC[N+]2(CC1)CCCCC2.[Br-].